The number of benzene rings is 1. The van der Waals surface area contributed by atoms with Gasteiger partial charge < -0.3 is 30.3 Å². The number of carbonyl (C=O) groups is 5. The maximum absolute atomic E-state index is 14.2. The molecule has 5 atom stereocenters. The molecule has 3 fully saturated rings. The summed E-state index contributed by atoms with van der Waals surface area (Å²) in [5, 5.41) is 7.12. The van der Waals surface area contributed by atoms with Gasteiger partial charge in [-0.15, -0.1) is 6.58 Å². The zero-order chi connectivity index (χ0) is 36.5. The Bertz CT molecular complexity index is 1600. The first kappa shape index (κ1) is 37.6. The van der Waals surface area contributed by atoms with Crippen molar-refractivity contribution in [3.05, 3.63) is 48.3 Å². The summed E-state index contributed by atoms with van der Waals surface area (Å²) >= 11 is 0. The van der Waals surface area contributed by atoms with Gasteiger partial charge >= 0.3 is 12.2 Å². The summed E-state index contributed by atoms with van der Waals surface area (Å²) in [6.45, 7) is 13.5. The van der Waals surface area contributed by atoms with Crippen LogP contribution in [0, 0.1) is 17.2 Å². The highest BCUT2D eigenvalue weighted by Gasteiger charge is 2.62. The van der Waals surface area contributed by atoms with E-state index < -0.39 is 91.7 Å². The zero-order valence-corrected chi connectivity index (χ0v) is 29.4. The van der Waals surface area contributed by atoms with Gasteiger partial charge in [0.1, 0.15) is 35.1 Å². The number of sulfonamides is 1. The number of ether oxygens (including phenoxy) is 2. The Labute approximate surface area is 285 Å². The molecule has 1 saturated heterocycles. The molecule has 270 valence electrons. The lowest BCUT2D eigenvalue weighted by atomic mass is 9.85. The number of rotatable bonds is 11. The van der Waals surface area contributed by atoms with Crippen LogP contribution in [0.15, 0.2) is 36.9 Å². The first-order valence-electron chi connectivity index (χ1n) is 16.1. The van der Waals surface area contributed by atoms with E-state index in [2.05, 4.69) is 27.3 Å². The smallest absolute Gasteiger partial charge is 0.408 e. The van der Waals surface area contributed by atoms with E-state index in [1.54, 1.807) is 47.6 Å². The van der Waals surface area contributed by atoms with Crippen LogP contribution in [-0.2, 0) is 40.4 Å². The number of nitrogens with zero attached hydrogens (tertiary/aromatic N) is 1. The normalized spacial score (nSPS) is 24.2. The van der Waals surface area contributed by atoms with Gasteiger partial charge in [0.05, 0.1) is 11.8 Å². The molecule has 16 heteroatoms. The topological polar surface area (TPSA) is 189 Å². The summed E-state index contributed by atoms with van der Waals surface area (Å²) in [5.41, 5.74) is -2.88. The first-order chi connectivity index (χ1) is 22.6. The fourth-order valence-corrected chi connectivity index (χ4v) is 7.01. The van der Waals surface area contributed by atoms with E-state index >= 15 is 0 Å². The molecule has 5 unspecified atom stereocenters. The number of nitrogens with one attached hydrogen (secondary N) is 4. The minimum Gasteiger partial charge on any atom is -0.444 e. The molecule has 1 aromatic rings. The lowest BCUT2D eigenvalue weighted by molar-refractivity contribution is -0.143. The zero-order valence-electron chi connectivity index (χ0n) is 28.6. The van der Waals surface area contributed by atoms with Gasteiger partial charge in [0.15, 0.2) is 0 Å². The number of carbonyl (C=O) groups excluding carboxylic acids is 5. The van der Waals surface area contributed by atoms with Crippen LogP contribution < -0.4 is 20.7 Å². The molecule has 3 aliphatic rings. The van der Waals surface area contributed by atoms with E-state index in [0.29, 0.717) is 18.4 Å². The Balaban J connectivity index is 1.56. The largest absolute Gasteiger partial charge is 0.444 e. The standard InChI is InChI=1S/C33H46FN5O9S/c1-8-20-16-33(20,28(42)38-49(45,46)23-12-13-23)37-26(40)24-15-22(47-29(43)35-17-19-10-9-11-21(34)14-19)18-39(24)27(41)25(31(2,3)4)36-30(44)48-32(5,6)7/h8-11,14,20,22-25H,1,12-13,15-18H2,2-7H3,(H,35,43)(H,36,44)(H,37,40)(H,38,42). The molecular formula is C33H46FN5O9S. The Morgan fingerprint density at radius 1 is 1.10 bits per heavy atom. The molecule has 14 nitrogen and oxygen atoms in total. The van der Waals surface area contributed by atoms with Crippen LogP contribution in [0.5, 0.6) is 0 Å². The summed E-state index contributed by atoms with van der Waals surface area (Å²) in [6.07, 6.45) is -0.528. The van der Waals surface area contributed by atoms with Crippen molar-refractivity contribution in [2.24, 2.45) is 11.3 Å². The van der Waals surface area contributed by atoms with E-state index in [1.165, 1.54) is 29.2 Å². The Morgan fingerprint density at radius 3 is 2.33 bits per heavy atom. The minimum atomic E-state index is -3.93. The van der Waals surface area contributed by atoms with Crippen molar-refractivity contribution in [1.82, 2.24) is 25.6 Å². The molecule has 1 aromatic carbocycles. The van der Waals surface area contributed by atoms with Crippen molar-refractivity contribution in [3.63, 3.8) is 0 Å². The third kappa shape index (κ3) is 9.49. The van der Waals surface area contributed by atoms with Gasteiger partial charge in [-0.05, 0) is 63.1 Å². The molecule has 1 heterocycles. The molecule has 0 aromatic heterocycles. The number of halogens is 1. The second kappa shape index (κ2) is 14.0. The number of amides is 5. The van der Waals surface area contributed by atoms with Crippen LogP contribution in [0.3, 0.4) is 0 Å². The Morgan fingerprint density at radius 2 is 1.78 bits per heavy atom. The van der Waals surface area contributed by atoms with Crippen LogP contribution in [0.1, 0.15) is 72.8 Å². The predicted molar refractivity (Wildman–Crippen MR) is 176 cm³/mol. The number of likely N-dealkylation sites (tertiary alicyclic amines) is 1. The summed E-state index contributed by atoms with van der Waals surface area (Å²) in [5.74, 6) is -3.42. The van der Waals surface area contributed by atoms with Crippen molar-refractivity contribution in [2.45, 2.75) is 108 Å². The van der Waals surface area contributed by atoms with Gasteiger partial charge in [-0.25, -0.2) is 22.4 Å². The first-order valence-corrected chi connectivity index (χ1v) is 17.7. The van der Waals surface area contributed by atoms with E-state index in [1.807, 2.05) is 0 Å². The van der Waals surface area contributed by atoms with E-state index in [0.717, 1.165) is 0 Å². The lowest BCUT2D eigenvalue weighted by Gasteiger charge is -2.36. The third-order valence-electron chi connectivity index (χ3n) is 8.47. The molecule has 5 amide bonds. The van der Waals surface area contributed by atoms with Crippen LogP contribution >= 0.6 is 0 Å². The Hall–Kier alpha value is -4.21. The van der Waals surface area contributed by atoms with Gasteiger partial charge in [-0.3, -0.25) is 19.1 Å². The molecule has 0 bridgehead atoms. The second-order valence-corrected chi connectivity index (χ2v) is 16.8. The van der Waals surface area contributed by atoms with Crippen molar-refractivity contribution >= 4 is 39.9 Å². The average Bonchev–Trinajstić information content (AvgIpc) is 3.90. The van der Waals surface area contributed by atoms with Gasteiger partial charge in [0.25, 0.3) is 5.91 Å². The fourth-order valence-electron chi connectivity index (χ4n) is 5.65. The lowest BCUT2D eigenvalue weighted by Crippen LogP contribution is -2.60. The predicted octanol–water partition coefficient (Wildman–Crippen LogP) is 2.63. The second-order valence-electron chi connectivity index (χ2n) is 14.9. The summed E-state index contributed by atoms with van der Waals surface area (Å²) in [7, 11) is -3.93. The molecule has 2 saturated carbocycles. The molecule has 0 radical (unpaired) electrons. The van der Waals surface area contributed by atoms with Crippen molar-refractivity contribution < 1.29 is 46.3 Å². The number of alkyl carbamates (subject to hydrolysis) is 2. The highest BCUT2D eigenvalue weighted by atomic mass is 32.2. The minimum absolute atomic E-state index is 0.0495. The number of hydrogen-bond acceptors (Lipinski definition) is 9. The van der Waals surface area contributed by atoms with Crippen molar-refractivity contribution in [1.29, 1.82) is 0 Å². The highest BCUT2D eigenvalue weighted by Crippen LogP contribution is 2.45. The third-order valence-corrected chi connectivity index (χ3v) is 10.3. The van der Waals surface area contributed by atoms with Crippen LogP contribution in [-0.4, -0.2) is 84.3 Å². The summed E-state index contributed by atoms with van der Waals surface area (Å²) in [4.78, 5) is 68.2. The van der Waals surface area contributed by atoms with E-state index in [4.69, 9.17) is 9.47 Å². The highest BCUT2D eigenvalue weighted by molar-refractivity contribution is 7.91. The molecule has 0 spiro atoms. The van der Waals surface area contributed by atoms with Gasteiger partial charge in [0.2, 0.25) is 21.8 Å². The maximum atomic E-state index is 14.2. The molecule has 4 N–H and O–H groups in total. The molecular weight excluding hydrogens is 661 g/mol. The summed E-state index contributed by atoms with van der Waals surface area (Å²) < 4.78 is 51.7. The number of hydrogen-bond donors (Lipinski definition) is 4. The van der Waals surface area contributed by atoms with Crippen molar-refractivity contribution in [3.8, 4) is 0 Å². The quantitative estimate of drug-likeness (QED) is 0.251. The molecule has 2 aliphatic carbocycles. The van der Waals surface area contributed by atoms with Crippen LogP contribution in [0.4, 0.5) is 14.0 Å². The van der Waals surface area contributed by atoms with Gasteiger partial charge in [-0.1, -0.05) is 39.0 Å². The van der Waals surface area contributed by atoms with Crippen molar-refractivity contribution in [2.75, 3.05) is 6.54 Å². The van der Waals surface area contributed by atoms with E-state index in [-0.39, 0.29) is 25.9 Å². The van der Waals surface area contributed by atoms with Crippen LogP contribution in [0.2, 0.25) is 0 Å². The van der Waals surface area contributed by atoms with Gasteiger partial charge in [-0.2, -0.15) is 0 Å². The Kier molecular flexibility index (Phi) is 10.7. The maximum Gasteiger partial charge on any atom is 0.408 e. The molecule has 1 aliphatic heterocycles. The molecule has 49 heavy (non-hydrogen) atoms. The SMILES string of the molecule is C=CC1CC1(NC(=O)C1CC(OC(=O)NCc2cccc(F)c2)CN1C(=O)C(NC(=O)OC(C)(C)C)C(C)(C)C)C(=O)NS(=O)(=O)C1CC1. The van der Waals surface area contributed by atoms with Gasteiger partial charge in [0, 0.05) is 18.9 Å². The average molecular weight is 708 g/mol. The fraction of sp³-hybridized carbons (Fsp3) is 0.606. The molecule has 4 rings (SSSR count). The van der Waals surface area contributed by atoms with E-state index in [9.17, 15) is 36.8 Å². The van der Waals surface area contributed by atoms with Crippen LogP contribution in [0.25, 0.3) is 0 Å². The monoisotopic (exact) mass is 707 g/mol. The summed E-state index contributed by atoms with van der Waals surface area (Å²) in [6, 6.07) is 3.13.